The van der Waals surface area contributed by atoms with Crippen molar-refractivity contribution in [3.63, 3.8) is 0 Å². The first kappa shape index (κ1) is 19.4. The molecule has 3 amide bonds. The van der Waals surface area contributed by atoms with Crippen LogP contribution < -0.4 is 5.32 Å². The first-order valence-corrected chi connectivity index (χ1v) is 9.77. The maximum Gasteiger partial charge on any atom is 0.261 e. The molecule has 1 aromatic heterocycles. The number of aromatic nitrogens is 2. The largest absolute Gasteiger partial charge is 0.319 e. The second-order valence-corrected chi connectivity index (χ2v) is 6.99. The van der Waals surface area contributed by atoms with E-state index in [4.69, 9.17) is 0 Å². The summed E-state index contributed by atoms with van der Waals surface area (Å²) in [6.07, 6.45) is 4.69. The highest BCUT2D eigenvalue weighted by Gasteiger charge is 2.35. The molecule has 0 atom stereocenters. The third-order valence-corrected chi connectivity index (χ3v) is 4.91. The van der Waals surface area contributed by atoms with E-state index in [9.17, 15) is 14.4 Å². The minimum Gasteiger partial charge on any atom is -0.319 e. The second kappa shape index (κ2) is 8.24. The Morgan fingerprint density at radius 2 is 1.67 bits per heavy atom. The Balaban J connectivity index is 1.50. The SMILES string of the molecule is CCCCN1C(=O)c2ccc(C(=O)Nc3cnc(-c4ccccc4)nc3)cc2C1=O. The highest BCUT2D eigenvalue weighted by atomic mass is 16.2. The maximum atomic E-state index is 12.6. The molecule has 0 saturated carbocycles. The summed E-state index contributed by atoms with van der Waals surface area (Å²) in [4.78, 5) is 47.4. The predicted octanol–water partition coefficient (Wildman–Crippen LogP) is 3.79. The van der Waals surface area contributed by atoms with Gasteiger partial charge in [0.2, 0.25) is 0 Å². The lowest BCUT2D eigenvalue weighted by atomic mass is 10.1. The van der Waals surface area contributed by atoms with Crippen molar-refractivity contribution in [3.8, 4) is 11.4 Å². The standard InChI is InChI=1S/C23H20N4O3/c1-2-3-11-27-22(29)18-10-9-16(12-19(18)23(27)30)21(28)26-17-13-24-20(25-14-17)15-7-5-4-6-8-15/h4-10,12-14H,2-3,11H2,1H3,(H,26,28). The van der Waals surface area contributed by atoms with Crippen LogP contribution in [0.25, 0.3) is 11.4 Å². The number of rotatable bonds is 6. The Hall–Kier alpha value is -3.87. The molecule has 7 nitrogen and oxygen atoms in total. The van der Waals surface area contributed by atoms with Gasteiger partial charge in [-0.2, -0.15) is 0 Å². The van der Waals surface area contributed by atoms with Gasteiger partial charge in [0.15, 0.2) is 5.82 Å². The van der Waals surface area contributed by atoms with Crippen molar-refractivity contribution in [2.75, 3.05) is 11.9 Å². The van der Waals surface area contributed by atoms with Crippen LogP contribution in [0.1, 0.15) is 50.8 Å². The average Bonchev–Trinajstić information content (AvgIpc) is 3.02. The van der Waals surface area contributed by atoms with Gasteiger partial charge >= 0.3 is 0 Å². The molecule has 1 N–H and O–H groups in total. The van der Waals surface area contributed by atoms with E-state index in [0.29, 0.717) is 29.2 Å². The molecule has 0 bridgehead atoms. The number of nitrogens with one attached hydrogen (secondary N) is 1. The van der Waals surface area contributed by atoms with Gasteiger partial charge < -0.3 is 5.32 Å². The first-order chi connectivity index (χ1) is 14.6. The highest BCUT2D eigenvalue weighted by molar-refractivity contribution is 6.22. The summed E-state index contributed by atoms with van der Waals surface area (Å²) in [6.45, 7) is 2.38. The fraction of sp³-hybridized carbons (Fsp3) is 0.174. The molecule has 4 rings (SSSR count). The molecule has 1 aliphatic rings. The molecule has 3 aromatic rings. The number of hydrogen-bond acceptors (Lipinski definition) is 5. The Morgan fingerprint density at radius 1 is 0.967 bits per heavy atom. The Labute approximate surface area is 173 Å². The zero-order valence-corrected chi connectivity index (χ0v) is 16.5. The maximum absolute atomic E-state index is 12.6. The van der Waals surface area contributed by atoms with Crippen LogP contribution in [-0.2, 0) is 0 Å². The van der Waals surface area contributed by atoms with Gasteiger partial charge in [0.1, 0.15) is 0 Å². The molecule has 0 radical (unpaired) electrons. The number of benzene rings is 2. The van der Waals surface area contributed by atoms with Crippen molar-refractivity contribution in [2.45, 2.75) is 19.8 Å². The van der Waals surface area contributed by atoms with E-state index in [-0.39, 0.29) is 17.4 Å². The number of amides is 3. The zero-order valence-electron chi connectivity index (χ0n) is 16.5. The molecular weight excluding hydrogens is 380 g/mol. The van der Waals surface area contributed by atoms with Crippen LogP contribution in [0.15, 0.2) is 60.9 Å². The molecule has 150 valence electrons. The molecule has 0 aliphatic carbocycles. The van der Waals surface area contributed by atoms with Crippen LogP contribution in [-0.4, -0.2) is 39.1 Å². The van der Waals surface area contributed by atoms with Crippen LogP contribution in [0.2, 0.25) is 0 Å². The molecule has 2 aromatic carbocycles. The number of hydrogen-bond donors (Lipinski definition) is 1. The molecule has 1 aliphatic heterocycles. The lowest BCUT2D eigenvalue weighted by Crippen LogP contribution is -2.30. The lowest BCUT2D eigenvalue weighted by molar-refractivity contribution is 0.0652. The number of nitrogens with zero attached hydrogens (tertiary/aromatic N) is 3. The van der Waals surface area contributed by atoms with Gasteiger partial charge in [-0.15, -0.1) is 0 Å². The summed E-state index contributed by atoms with van der Waals surface area (Å²) in [5.41, 5.74) is 2.21. The van der Waals surface area contributed by atoms with Crippen molar-refractivity contribution in [2.24, 2.45) is 0 Å². The Bertz CT molecular complexity index is 1110. The summed E-state index contributed by atoms with van der Waals surface area (Å²) in [5.74, 6) is -0.502. The van der Waals surface area contributed by atoms with E-state index in [0.717, 1.165) is 18.4 Å². The normalized spacial score (nSPS) is 12.8. The van der Waals surface area contributed by atoms with Gasteiger partial charge in [-0.3, -0.25) is 19.3 Å². The Kier molecular flexibility index (Phi) is 5.34. The van der Waals surface area contributed by atoms with Crippen LogP contribution >= 0.6 is 0 Å². The molecule has 30 heavy (non-hydrogen) atoms. The van der Waals surface area contributed by atoms with Gasteiger partial charge in [0, 0.05) is 17.7 Å². The van der Waals surface area contributed by atoms with E-state index in [1.807, 2.05) is 37.3 Å². The van der Waals surface area contributed by atoms with Crippen molar-refractivity contribution < 1.29 is 14.4 Å². The summed E-state index contributed by atoms with van der Waals surface area (Å²) < 4.78 is 0. The number of anilines is 1. The van der Waals surface area contributed by atoms with Crippen molar-refractivity contribution in [1.29, 1.82) is 0 Å². The quantitative estimate of drug-likeness (QED) is 0.636. The Morgan fingerprint density at radius 3 is 2.37 bits per heavy atom. The zero-order chi connectivity index (χ0) is 21.1. The summed E-state index contributed by atoms with van der Waals surface area (Å²) in [5, 5.41) is 2.73. The van der Waals surface area contributed by atoms with Crippen molar-refractivity contribution in [1.82, 2.24) is 14.9 Å². The van der Waals surface area contributed by atoms with E-state index >= 15 is 0 Å². The van der Waals surface area contributed by atoms with Gasteiger partial charge in [-0.1, -0.05) is 43.7 Å². The molecule has 0 fully saturated rings. The number of imide groups is 1. The minimum absolute atomic E-state index is 0.263. The van der Waals surface area contributed by atoms with Gasteiger partial charge in [0.05, 0.1) is 29.2 Å². The van der Waals surface area contributed by atoms with Crippen LogP contribution in [0, 0.1) is 0 Å². The minimum atomic E-state index is -0.402. The highest BCUT2D eigenvalue weighted by Crippen LogP contribution is 2.25. The number of unbranched alkanes of at least 4 members (excludes halogenated alkanes) is 1. The van der Waals surface area contributed by atoms with Crippen molar-refractivity contribution >= 4 is 23.4 Å². The lowest BCUT2D eigenvalue weighted by Gasteiger charge is -2.12. The van der Waals surface area contributed by atoms with Crippen molar-refractivity contribution in [3.05, 3.63) is 77.6 Å². The topological polar surface area (TPSA) is 92.3 Å². The fourth-order valence-corrected chi connectivity index (χ4v) is 3.28. The molecule has 2 heterocycles. The number of fused-ring (bicyclic) bond motifs is 1. The summed E-state index contributed by atoms with van der Waals surface area (Å²) in [6, 6.07) is 14.1. The second-order valence-electron chi connectivity index (χ2n) is 6.99. The van der Waals surface area contributed by atoms with Crippen LogP contribution in [0.3, 0.4) is 0 Å². The van der Waals surface area contributed by atoms with E-state index in [1.165, 1.54) is 29.4 Å². The van der Waals surface area contributed by atoms with Gasteiger partial charge in [0.25, 0.3) is 17.7 Å². The third kappa shape index (κ3) is 3.69. The average molecular weight is 400 g/mol. The third-order valence-electron chi connectivity index (χ3n) is 4.91. The predicted molar refractivity (Wildman–Crippen MR) is 112 cm³/mol. The fourth-order valence-electron chi connectivity index (χ4n) is 3.28. The molecular formula is C23H20N4O3. The molecule has 0 saturated heterocycles. The molecule has 0 spiro atoms. The summed E-state index contributed by atoms with van der Waals surface area (Å²) >= 11 is 0. The van der Waals surface area contributed by atoms with Crippen LogP contribution in [0.5, 0.6) is 0 Å². The first-order valence-electron chi connectivity index (χ1n) is 9.77. The summed E-state index contributed by atoms with van der Waals surface area (Å²) in [7, 11) is 0. The number of carbonyl (C=O) groups is 3. The van der Waals surface area contributed by atoms with E-state index < -0.39 is 5.91 Å². The van der Waals surface area contributed by atoms with E-state index in [2.05, 4.69) is 15.3 Å². The van der Waals surface area contributed by atoms with Crippen LogP contribution in [0.4, 0.5) is 5.69 Å². The van der Waals surface area contributed by atoms with Gasteiger partial charge in [-0.05, 0) is 24.6 Å². The molecule has 7 heteroatoms. The van der Waals surface area contributed by atoms with Gasteiger partial charge in [-0.25, -0.2) is 9.97 Å². The van der Waals surface area contributed by atoms with E-state index in [1.54, 1.807) is 6.07 Å². The molecule has 0 unspecified atom stereocenters. The monoisotopic (exact) mass is 400 g/mol. The smallest absolute Gasteiger partial charge is 0.261 e. The number of carbonyl (C=O) groups excluding carboxylic acids is 3.